The zero-order valence-corrected chi connectivity index (χ0v) is 13.9. The fourth-order valence-electron chi connectivity index (χ4n) is 2.71. The monoisotopic (exact) mass is 340 g/mol. The summed E-state index contributed by atoms with van der Waals surface area (Å²) in [7, 11) is 0. The number of carboxylic acids is 1. The van der Waals surface area contributed by atoms with Crippen LogP contribution >= 0.6 is 11.3 Å². The highest BCUT2D eigenvalue weighted by atomic mass is 32.1. The van der Waals surface area contributed by atoms with Crippen molar-refractivity contribution in [2.24, 2.45) is 0 Å². The Labute approximate surface area is 142 Å². The molecule has 122 valence electrons. The molecule has 0 amide bonds. The second-order valence-electron chi connectivity index (χ2n) is 5.85. The maximum Gasteiger partial charge on any atom is 0.335 e. The molecule has 1 saturated heterocycles. The fourth-order valence-corrected chi connectivity index (χ4v) is 3.47. The Kier molecular flexibility index (Phi) is 3.57. The fraction of sp³-hybridized carbons (Fsp3) is 0.235. The molecule has 1 atom stereocenters. The third-order valence-electron chi connectivity index (χ3n) is 4.28. The zero-order chi connectivity index (χ0) is 16.7. The quantitative estimate of drug-likeness (QED) is 0.753. The van der Waals surface area contributed by atoms with Gasteiger partial charge >= 0.3 is 5.97 Å². The van der Waals surface area contributed by atoms with Gasteiger partial charge in [0.25, 0.3) is 0 Å². The van der Waals surface area contributed by atoms with E-state index in [4.69, 9.17) is 10.1 Å². The predicted octanol–water partition coefficient (Wildman–Crippen LogP) is 3.73. The van der Waals surface area contributed by atoms with Crippen molar-refractivity contribution in [1.82, 2.24) is 9.97 Å². The first-order chi connectivity index (χ1) is 11.6. The molecule has 1 fully saturated rings. The van der Waals surface area contributed by atoms with E-state index >= 15 is 0 Å². The molecule has 0 unspecified atom stereocenters. The summed E-state index contributed by atoms with van der Waals surface area (Å²) < 4.78 is 0. The summed E-state index contributed by atoms with van der Waals surface area (Å²) in [6.45, 7) is 3.15. The summed E-state index contributed by atoms with van der Waals surface area (Å²) >= 11 is 1.59. The van der Waals surface area contributed by atoms with Crippen LogP contribution in [0.3, 0.4) is 0 Å². The first-order valence-corrected chi connectivity index (χ1v) is 8.62. The van der Waals surface area contributed by atoms with E-state index in [1.807, 2.05) is 11.4 Å². The van der Waals surface area contributed by atoms with Crippen molar-refractivity contribution < 1.29 is 9.90 Å². The topological polar surface area (TPSA) is 78.4 Å². The van der Waals surface area contributed by atoms with Crippen molar-refractivity contribution in [3.8, 4) is 0 Å². The largest absolute Gasteiger partial charge is 0.478 e. The van der Waals surface area contributed by atoms with Gasteiger partial charge in [-0.1, -0.05) is 0 Å². The van der Waals surface area contributed by atoms with E-state index in [0.717, 1.165) is 40.6 Å². The van der Waals surface area contributed by atoms with Gasteiger partial charge in [-0.25, -0.2) is 9.78 Å². The second-order valence-corrected chi connectivity index (χ2v) is 6.74. The van der Waals surface area contributed by atoms with Gasteiger partial charge in [0.05, 0.1) is 10.9 Å². The predicted molar refractivity (Wildman–Crippen MR) is 95.5 cm³/mol. The Bertz CT molecular complexity index is 907. The Morgan fingerprint density at radius 1 is 1.29 bits per heavy atom. The second kappa shape index (κ2) is 5.76. The number of nitrogens with one attached hydrogen (secondary N) is 1. The number of carboxylic acid groups (broad SMARTS) is 1. The number of fused-ring (bicyclic) bond motifs is 1. The van der Waals surface area contributed by atoms with Crippen molar-refractivity contribution in [1.29, 1.82) is 0 Å². The lowest BCUT2D eigenvalue weighted by Crippen LogP contribution is -2.46. The van der Waals surface area contributed by atoms with Crippen LogP contribution in [0, 0.1) is 0 Å². The molecule has 3 heterocycles. The van der Waals surface area contributed by atoms with Gasteiger partial charge in [0.15, 0.2) is 0 Å². The molecule has 1 aliphatic rings. The molecule has 4 rings (SSSR count). The highest BCUT2D eigenvalue weighted by molar-refractivity contribution is 7.16. The summed E-state index contributed by atoms with van der Waals surface area (Å²) in [5, 5.41) is 15.3. The molecular formula is C17H16N4O2S. The molecule has 2 aromatic heterocycles. The van der Waals surface area contributed by atoms with Crippen LogP contribution in [0.15, 0.2) is 35.7 Å². The van der Waals surface area contributed by atoms with Crippen molar-refractivity contribution in [3.05, 3.63) is 41.3 Å². The third kappa shape index (κ3) is 2.56. The number of carbonyl (C=O) groups is 1. The van der Waals surface area contributed by atoms with Crippen molar-refractivity contribution in [2.75, 3.05) is 16.8 Å². The van der Waals surface area contributed by atoms with Crippen LogP contribution in [0.2, 0.25) is 0 Å². The SMILES string of the molecule is C[C@H]1CCN1c1nc(Nc2ccc(C(=O)O)cc2)c2ccsc2n1. The number of aromatic nitrogens is 2. The number of anilines is 3. The number of benzene rings is 1. The average Bonchev–Trinajstić information content (AvgIpc) is 3.03. The van der Waals surface area contributed by atoms with E-state index in [9.17, 15) is 4.79 Å². The maximum absolute atomic E-state index is 11.0. The normalized spacial score (nSPS) is 16.9. The van der Waals surface area contributed by atoms with Gasteiger partial charge in [-0.3, -0.25) is 0 Å². The molecule has 3 aromatic rings. The number of aromatic carboxylic acids is 1. The Morgan fingerprint density at radius 3 is 2.71 bits per heavy atom. The Morgan fingerprint density at radius 2 is 2.08 bits per heavy atom. The molecule has 24 heavy (non-hydrogen) atoms. The lowest BCUT2D eigenvalue weighted by atomic mass is 10.1. The Hall–Kier alpha value is -2.67. The van der Waals surface area contributed by atoms with Gasteiger partial charge in [-0.2, -0.15) is 4.98 Å². The van der Waals surface area contributed by atoms with Gasteiger partial charge in [0.1, 0.15) is 10.6 Å². The summed E-state index contributed by atoms with van der Waals surface area (Å²) in [6, 6.07) is 9.11. The minimum Gasteiger partial charge on any atom is -0.478 e. The summed E-state index contributed by atoms with van der Waals surface area (Å²) in [6.07, 6.45) is 1.16. The molecule has 6 nitrogen and oxygen atoms in total. The highest BCUT2D eigenvalue weighted by Gasteiger charge is 2.27. The molecule has 2 N–H and O–H groups in total. The summed E-state index contributed by atoms with van der Waals surface area (Å²) in [5.74, 6) is 0.560. The van der Waals surface area contributed by atoms with Crippen LogP contribution < -0.4 is 10.2 Å². The molecule has 0 saturated carbocycles. The molecule has 0 spiro atoms. The number of hydrogen-bond donors (Lipinski definition) is 2. The molecule has 0 radical (unpaired) electrons. The number of hydrogen-bond acceptors (Lipinski definition) is 6. The summed E-state index contributed by atoms with van der Waals surface area (Å²) in [5.41, 5.74) is 1.06. The van der Waals surface area contributed by atoms with Gasteiger partial charge in [-0.05, 0) is 49.1 Å². The molecule has 1 aliphatic heterocycles. The maximum atomic E-state index is 11.0. The number of nitrogens with zero attached hydrogens (tertiary/aromatic N) is 3. The van der Waals surface area contributed by atoms with Gasteiger partial charge in [0.2, 0.25) is 5.95 Å². The minimum absolute atomic E-state index is 0.263. The molecule has 0 bridgehead atoms. The first-order valence-electron chi connectivity index (χ1n) is 7.74. The summed E-state index contributed by atoms with van der Waals surface area (Å²) in [4.78, 5) is 23.5. The van der Waals surface area contributed by atoms with Crippen LogP contribution in [-0.2, 0) is 0 Å². The number of rotatable bonds is 4. The van der Waals surface area contributed by atoms with Crippen LogP contribution in [0.1, 0.15) is 23.7 Å². The first kappa shape index (κ1) is 14.9. The van der Waals surface area contributed by atoms with E-state index in [1.165, 1.54) is 0 Å². The van der Waals surface area contributed by atoms with Gasteiger partial charge < -0.3 is 15.3 Å². The van der Waals surface area contributed by atoms with Crippen LogP contribution in [0.25, 0.3) is 10.2 Å². The number of thiophene rings is 1. The third-order valence-corrected chi connectivity index (χ3v) is 5.09. The van der Waals surface area contributed by atoms with E-state index in [2.05, 4.69) is 22.1 Å². The Balaban J connectivity index is 1.69. The molecular weight excluding hydrogens is 324 g/mol. The standard InChI is InChI=1S/C17H16N4O2S/c1-10-6-8-21(10)17-19-14(13-7-9-24-15(13)20-17)18-12-4-2-11(3-5-12)16(22)23/h2-5,7,9-10H,6,8H2,1H3,(H,22,23)(H,18,19,20)/t10-/m0/s1. The lowest BCUT2D eigenvalue weighted by molar-refractivity contribution is 0.0697. The smallest absolute Gasteiger partial charge is 0.335 e. The van der Waals surface area contributed by atoms with Crippen LogP contribution in [0.5, 0.6) is 0 Å². The average molecular weight is 340 g/mol. The van der Waals surface area contributed by atoms with Gasteiger partial charge in [0, 0.05) is 18.3 Å². The van der Waals surface area contributed by atoms with E-state index in [1.54, 1.807) is 35.6 Å². The van der Waals surface area contributed by atoms with Crippen LogP contribution in [-0.4, -0.2) is 33.6 Å². The molecule has 1 aromatic carbocycles. The van der Waals surface area contributed by atoms with E-state index in [-0.39, 0.29) is 5.56 Å². The van der Waals surface area contributed by atoms with Crippen molar-refractivity contribution >= 4 is 45.0 Å². The van der Waals surface area contributed by atoms with E-state index in [0.29, 0.717) is 6.04 Å². The molecule has 7 heteroatoms. The lowest BCUT2D eigenvalue weighted by Gasteiger charge is -2.38. The van der Waals surface area contributed by atoms with Crippen LogP contribution in [0.4, 0.5) is 17.5 Å². The zero-order valence-electron chi connectivity index (χ0n) is 13.1. The van der Waals surface area contributed by atoms with E-state index < -0.39 is 5.97 Å². The minimum atomic E-state index is -0.933. The van der Waals surface area contributed by atoms with Crippen molar-refractivity contribution in [2.45, 2.75) is 19.4 Å². The molecule has 0 aliphatic carbocycles. The highest BCUT2D eigenvalue weighted by Crippen LogP contribution is 2.32. The van der Waals surface area contributed by atoms with Crippen molar-refractivity contribution in [3.63, 3.8) is 0 Å². The van der Waals surface area contributed by atoms with Gasteiger partial charge in [-0.15, -0.1) is 11.3 Å².